The molecule has 0 fully saturated rings. The number of benzene rings is 3. The number of amides is 1. The number of hydrogen-bond acceptors (Lipinski definition) is 7. The van der Waals surface area contributed by atoms with Gasteiger partial charge in [-0.15, -0.1) is 0 Å². The number of carbonyl (C=O) groups is 2. The lowest BCUT2D eigenvalue weighted by Gasteiger charge is -2.23. The first-order valence-electron chi connectivity index (χ1n) is 12.6. The minimum Gasteiger partial charge on any atom is -0.462 e. The van der Waals surface area contributed by atoms with Crippen LogP contribution in [0.2, 0.25) is 0 Å². The summed E-state index contributed by atoms with van der Waals surface area (Å²) in [5, 5.41) is 9.27. The Morgan fingerprint density at radius 1 is 1.00 bits per heavy atom. The van der Waals surface area contributed by atoms with Crippen LogP contribution in [0.25, 0.3) is 11.3 Å². The number of rotatable bonds is 11. The molecule has 3 aromatic carbocycles. The highest BCUT2D eigenvalue weighted by Crippen LogP contribution is 2.38. The second-order valence-electron chi connectivity index (χ2n) is 9.02. The van der Waals surface area contributed by atoms with E-state index < -0.39 is 16.0 Å². The van der Waals surface area contributed by atoms with Gasteiger partial charge in [-0.3, -0.25) is 9.10 Å². The van der Waals surface area contributed by atoms with Crippen molar-refractivity contribution in [2.24, 2.45) is 0 Å². The van der Waals surface area contributed by atoms with Gasteiger partial charge >= 0.3 is 5.97 Å². The van der Waals surface area contributed by atoms with Gasteiger partial charge in [0.2, 0.25) is 10.0 Å². The van der Waals surface area contributed by atoms with Crippen molar-refractivity contribution in [3.05, 3.63) is 89.5 Å². The van der Waals surface area contributed by atoms with Crippen LogP contribution in [0.1, 0.15) is 34.8 Å². The molecule has 1 aliphatic rings. The summed E-state index contributed by atoms with van der Waals surface area (Å²) in [6.45, 7) is 3.05. The molecule has 0 bridgehead atoms. The largest absolute Gasteiger partial charge is 0.462 e. The van der Waals surface area contributed by atoms with E-state index in [1.807, 2.05) is 37.4 Å². The standard InChI is InChI=1S/C29H32N4O5S/c1-4-38-29(35)21-11-16-24-25(19-21)32-28(34)26(24)27(20-9-6-5-7-10-20)31-22-12-14-23(15-13-22)33(39(3,36)37)18-8-17-30-2/h5-7,9-16,19,30-31H,4,8,17-18H2,1-3H3,(H,32,34). The normalized spacial score (nSPS) is 13.9. The molecule has 0 atom stereocenters. The van der Waals surface area contributed by atoms with Gasteiger partial charge in [0.15, 0.2) is 0 Å². The Balaban J connectivity index is 1.71. The monoisotopic (exact) mass is 548 g/mol. The van der Waals surface area contributed by atoms with Gasteiger partial charge in [0.1, 0.15) is 0 Å². The van der Waals surface area contributed by atoms with Gasteiger partial charge in [-0.25, -0.2) is 13.2 Å². The molecule has 4 rings (SSSR count). The number of nitrogens with zero attached hydrogens (tertiary/aromatic N) is 1. The maximum atomic E-state index is 13.2. The van der Waals surface area contributed by atoms with E-state index in [0.717, 1.165) is 5.56 Å². The topological polar surface area (TPSA) is 117 Å². The van der Waals surface area contributed by atoms with Crippen LogP contribution in [0, 0.1) is 0 Å². The number of nitrogens with one attached hydrogen (secondary N) is 3. The van der Waals surface area contributed by atoms with E-state index in [2.05, 4.69) is 16.0 Å². The molecule has 0 spiro atoms. The van der Waals surface area contributed by atoms with E-state index >= 15 is 0 Å². The average Bonchev–Trinajstić information content (AvgIpc) is 3.25. The lowest BCUT2D eigenvalue weighted by atomic mass is 9.99. The summed E-state index contributed by atoms with van der Waals surface area (Å²) in [4.78, 5) is 25.4. The van der Waals surface area contributed by atoms with Gasteiger partial charge < -0.3 is 20.7 Å². The lowest BCUT2D eigenvalue weighted by molar-refractivity contribution is -0.110. The van der Waals surface area contributed by atoms with Crippen molar-refractivity contribution in [2.75, 3.05) is 47.9 Å². The number of esters is 1. The van der Waals surface area contributed by atoms with Gasteiger partial charge in [-0.2, -0.15) is 0 Å². The molecule has 0 radical (unpaired) electrons. The summed E-state index contributed by atoms with van der Waals surface area (Å²) < 4.78 is 31.3. The predicted molar refractivity (Wildman–Crippen MR) is 155 cm³/mol. The number of ether oxygens (including phenoxy) is 1. The maximum absolute atomic E-state index is 13.2. The van der Waals surface area contributed by atoms with Gasteiger partial charge in [0, 0.05) is 17.8 Å². The fraction of sp³-hybridized carbons (Fsp3) is 0.241. The molecule has 204 valence electrons. The van der Waals surface area contributed by atoms with Gasteiger partial charge in [-0.05, 0) is 68.9 Å². The minimum absolute atomic E-state index is 0.256. The van der Waals surface area contributed by atoms with Crippen LogP contribution in [-0.2, 0) is 19.6 Å². The van der Waals surface area contributed by atoms with Crippen molar-refractivity contribution >= 4 is 50.2 Å². The number of hydrogen-bond donors (Lipinski definition) is 3. The molecule has 0 saturated heterocycles. The van der Waals surface area contributed by atoms with E-state index in [1.54, 1.807) is 49.4 Å². The zero-order valence-electron chi connectivity index (χ0n) is 22.2. The summed E-state index contributed by atoms with van der Waals surface area (Å²) in [6, 6.07) is 21.5. The first-order chi connectivity index (χ1) is 18.7. The Kier molecular flexibility index (Phi) is 8.68. The zero-order valence-corrected chi connectivity index (χ0v) is 23.0. The van der Waals surface area contributed by atoms with E-state index in [1.165, 1.54) is 10.6 Å². The van der Waals surface area contributed by atoms with Crippen LogP contribution in [0.4, 0.5) is 17.1 Å². The van der Waals surface area contributed by atoms with E-state index in [4.69, 9.17) is 4.74 Å². The lowest BCUT2D eigenvalue weighted by Crippen LogP contribution is -2.32. The van der Waals surface area contributed by atoms with Crippen molar-refractivity contribution in [1.82, 2.24) is 5.32 Å². The number of anilines is 3. The Morgan fingerprint density at radius 3 is 2.36 bits per heavy atom. The van der Waals surface area contributed by atoms with E-state index in [9.17, 15) is 18.0 Å². The van der Waals surface area contributed by atoms with Crippen LogP contribution in [0.5, 0.6) is 0 Å². The highest BCUT2D eigenvalue weighted by molar-refractivity contribution is 7.92. The van der Waals surface area contributed by atoms with E-state index in [0.29, 0.717) is 59.0 Å². The molecule has 3 aromatic rings. The summed E-state index contributed by atoms with van der Waals surface area (Å²) >= 11 is 0. The predicted octanol–water partition coefficient (Wildman–Crippen LogP) is 4.17. The van der Waals surface area contributed by atoms with Crippen molar-refractivity contribution < 1.29 is 22.7 Å². The Morgan fingerprint density at radius 2 is 1.72 bits per heavy atom. The molecule has 1 amide bonds. The van der Waals surface area contributed by atoms with Crippen LogP contribution in [-0.4, -0.2) is 53.3 Å². The number of carbonyl (C=O) groups excluding carboxylic acids is 2. The first kappa shape index (κ1) is 27.9. The quantitative estimate of drug-likeness (QED) is 0.187. The number of sulfonamides is 1. The molecular formula is C29H32N4O5S. The van der Waals surface area contributed by atoms with Gasteiger partial charge in [0.25, 0.3) is 5.91 Å². The summed E-state index contributed by atoms with van der Waals surface area (Å²) in [5.74, 6) is -0.760. The van der Waals surface area contributed by atoms with E-state index in [-0.39, 0.29) is 12.5 Å². The molecule has 9 nitrogen and oxygen atoms in total. The zero-order chi connectivity index (χ0) is 28.0. The number of fused-ring (bicyclic) bond motifs is 1. The molecule has 39 heavy (non-hydrogen) atoms. The summed E-state index contributed by atoms with van der Waals surface area (Å²) in [7, 11) is -1.63. The van der Waals surface area contributed by atoms with Crippen LogP contribution >= 0.6 is 0 Å². The van der Waals surface area contributed by atoms with Crippen molar-refractivity contribution in [1.29, 1.82) is 0 Å². The van der Waals surface area contributed by atoms with Gasteiger partial charge in [-0.1, -0.05) is 36.4 Å². The maximum Gasteiger partial charge on any atom is 0.338 e. The van der Waals surface area contributed by atoms with Gasteiger partial charge in [0.05, 0.1) is 41.1 Å². The molecule has 0 aliphatic carbocycles. The molecule has 1 aliphatic heterocycles. The van der Waals surface area contributed by atoms with Crippen molar-refractivity contribution in [2.45, 2.75) is 13.3 Å². The van der Waals surface area contributed by atoms with Crippen LogP contribution < -0.4 is 20.3 Å². The fourth-order valence-corrected chi connectivity index (χ4v) is 5.35. The van der Waals surface area contributed by atoms with Crippen LogP contribution in [0.15, 0.2) is 72.8 Å². The Hall–Kier alpha value is -4.15. The Bertz CT molecular complexity index is 1490. The molecular weight excluding hydrogens is 516 g/mol. The SMILES string of the molecule is CCOC(=O)c1ccc2c(c1)NC(=O)C2=C(Nc1ccc(N(CCCNC)S(C)(=O)=O)cc1)c1ccccc1. The smallest absolute Gasteiger partial charge is 0.338 e. The second kappa shape index (κ2) is 12.1. The molecule has 10 heteroatoms. The molecule has 0 aromatic heterocycles. The fourth-order valence-electron chi connectivity index (χ4n) is 4.39. The third-order valence-electron chi connectivity index (χ3n) is 6.20. The highest BCUT2D eigenvalue weighted by Gasteiger charge is 2.29. The third kappa shape index (κ3) is 6.47. The van der Waals surface area contributed by atoms with Crippen LogP contribution in [0.3, 0.4) is 0 Å². The summed E-state index contributed by atoms with van der Waals surface area (Å²) in [5.41, 5.74) is 4.57. The molecule has 1 heterocycles. The molecule has 3 N–H and O–H groups in total. The molecule has 0 unspecified atom stereocenters. The minimum atomic E-state index is -3.45. The van der Waals surface area contributed by atoms with Crippen molar-refractivity contribution in [3.63, 3.8) is 0 Å². The highest BCUT2D eigenvalue weighted by atomic mass is 32.2. The summed E-state index contributed by atoms with van der Waals surface area (Å²) in [6.07, 6.45) is 1.86. The third-order valence-corrected chi connectivity index (χ3v) is 7.39. The van der Waals surface area contributed by atoms with Crippen molar-refractivity contribution in [3.8, 4) is 0 Å². The molecule has 0 saturated carbocycles. The Labute approximate surface area is 228 Å². The first-order valence-corrected chi connectivity index (χ1v) is 14.5. The average molecular weight is 549 g/mol. The second-order valence-corrected chi connectivity index (χ2v) is 10.9.